The quantitative estimate of drug-likeness (QED) is 0.861. The first-order chi connectivity index (χ1) is 9.04. The third kappa shape index (κ3) is 3.51. The molecular weight excluding hydrogens is 286 g/mol. The van der Waals surface area contributed by atoms with Gasteiger partial charge in [0.25, 0.3) is 10.2 Å². The molecule has 0 saturated carbocycles. The summed E-state index contributed by atoms with van der Waals surface area (Å²) in [5, 5.41) is 11.0. The second kappa shape index (κ2) is 6.27. The highest BCUT2D eigenvalue weighted by Crippen LogP contribution is 2.21. The smallest absolute Gasteiger partial charge is 0.282 e. The molecule has 1 unspecified atom stereocenters. The van der Waals surface area contributed by atoms with Crippen molar-refractivity contribution in [2.24, 2.45) is 5.92 Å². The largest absolute Gasteiger partial charge is 0.396 e. The van der Waals surface area contributed by atoms with E-state index in [2.05, 4.69) is 4.98 Å². The van der Waals surface area contributed by atoms with Gasteiger partial charge in [-0.25, -0.2) is 4.98 Å². The van der Waals surface area contributed by atoms with Crippen LogP contribution in [-0.4, -0.2) is 53.9 Å². The third-order valence-corrected chi connectivity index (χ3v) is 5.86. The summed E-state index contributed by atoms with van der Waals surface area (Å²) in [6.45, 7) is 1.26. The molecular formula is C11H19N3O3S2. The van der Waals surface area contributed by atoms with Gasteiger partial charge in [-0.1, -0.05) is 0 Å². The number of aromatic nitrogens is 1. The monoisotopic (exact) mass is 305 g/mol. The number of hydrogen-bond acceptors (Lipinski definition) is 5. The number of rotatable bonds is 5. The summed E-state index contributed by atoms with van der Waals surface area (Å²) < 4.78 is 27.6. The number of aliphatic hydroxyl groups is 1. The van der Waals surface area contributed by atoms with E-state index in [1.165, 1.54) is 19.9 Å². The van der Waals surface area contributed by atoms with Gasteiger partial charge in [0.05, 0.1) is 17.7 Å². The lowest BCUT2D eigenvalue weighted by Gasteiger charge is -2.33. The van der Waals surface area contributed by atoms with Crippen LogP contribution >= 0.6 is 11.3 Å². The van der Waals surface area contributed by atoms with E-state index in [0.29, 0.717) is 13.1 Å². The number of hydrogen-bond donors (Lipinski definition) is 1. The summed E-state index contributed by atoms with van der Waals surface area (Å²) in [5.41, 5.74) is 2.45. The Morgan fingerprint density at radius 3 is 3.05 bits per heavy atom. The summed E-state index contributed by atoms with van der Waals surface area (Å²) in [4.78, 5) is 4.10. The van der Waals surface area contributed by atoms with Crippen LogP contribution in [0.25, 0.3) is 0 Å². The molecule has 0 radical (unpaired) electrons. The topological polar surface area (TPSA) is 73.7 Å². The van der Waals surface area contributed by atoms with Gasteiger partial charge < -0.3 is 5.11 Å². The van der Waals surface area contributed by atoms with Crippen LogP contribution in [0.1, 0.15) is 18.5 Å². The second-order valence-electron chi connectivity index (χ2n) is 4.79. The van der Waals surface area contributed by atoms with Crippen molar-refractivity contribution in [1.29, 1.82) is 0 Å². The predicted octanol–water partition coefficient (Wildman–Crippen LogP) is 0.524. The summed E-state index contributed by atoms with van der Waals surface area (Å²) >= 11 is 1.45. The number of aliphatic hydroxyl groups excluding tert-OH is 1. The van der Waals surface area contributed by atoms with Crippen LogP contribution in [0, 0.1) is 5.92 Å². The van der Waals surface area contributed by atoms with E-state index in [4.69, 9.17) is 0 Å². The Kier molecular flexibility index (Phi) is 4.91. The summed E-state index contributed by atoms with van der Waals surface area (Å²) in [6, 6.07) is 0. The third-order valence-electron chi connectivity index (χ3n) is 3.33. The molecule has 0 aromatic carbocycles. The van der Waals surface area contributed by atoms with Crippen LogP contribution in [-0.2, 0) is 16.8 Å². The van der Waals surface area contributed by atoms with E-state index in [9.17, 15) is 13.5 Å². The van der Waals surface area contributed by atoms with Crippen molar-refractivity contribution in [3.8, 4) is 0 Å². The van der Waals surface area contributed by atoms with Crippen LogP contribution in [0.2, 0.25) is 0 Å². The maximum atomic E-state index is 12.4. The highest BCUT2D eigenvalue weighted by Gasteiger charge is 2.31. The number of thiazole rings is 1. The van der Waals surface area contributed by atoms with Crippen LogP contribution in [0.5, 0.6) is 0 Å². The first kappa shape index (κ1) is 14.9. The Bertz CT molecular complexity index is 489. The molecule has 1 fully saturated rings. The standard InChI is InChI=1S/C11H19N3O3S2/c1-13(6-11-8-18-9-12-11)19(16,17)14-4-2-3-10(5-14)7-15/h8-10,15H,2-7H2,1H3. The highest BCUT2D eigenvalue weighted by molar-refractivity contribution is 7.86. The van der Waals surface area contributed by atoms with Gasteiger partial charge in [0, 0.05) is 32.1 Å². The zero-order chi connectivity index (χ0) is 13.9. The highest BCUT2D eigenvalue weighted by atomic mass is 32.2. The minimum absolute atomic E-state index is 0.0435. The molecule has 2 heterocycles. The van der Waals surface area contributed by atoms with E-state index in [1.54, 1.807) is 12.6 Å². The van der Waals surface area contributed by atoms with E-state index in [-0.39, 0.29) is 19.1 Å². The number of piperidine rings is 1. The fraction of sp³-hybridized carbons (Fsp3) is 0.727. The van der Waals surface area contributed by atoms with Crippen molar-refractivity contribution in [1.82, 2.24) is 13.6 Å². The molecule has 1 atom stereocenters. The van der Waals surface area contributed by atoms with Gasteiger partial charge in [-0.15, -0.1) is 11.3 Å². The van der Waals surface area contributed by atoms with E-state index >= 15 is 0 Å². The number of nitrogens with zero attached hydrogens (tertiary/aromatic N) is 3. The Morgan fingerprint density at radius 2 is 2.42 bits per heavy atom. The molecule has 2 rings (SSSR count). The van der Waals surface area contributed by atoms with Gasteiger partial charge in [0.15, 0.2) is 0 Å². The maximum absolute atomic E-state index is 12.4. The Balaban J connectivity index is 2.04. The molecule has 0 amide bonds. The molecule has 1 aliphatic heterocycles. The summed E-state index contributed by atoms with van der Waals surface area (Å²) in [6.07, 6.45) is 1.69. The van der Waals surface area contributed by atoms with Gasteiger partial charge in [-0.2, -0.15) is 17.0 Å². The first-order valence-corrected chi connectivity index (χ1v) is 8.57. The lowest BCUT2D eigenvalue weighted by atomic mass is 10.0. The van der Waals surface area contributed by atoms with Gasteiger partial charge in [0.1, 0.15) is 0 Å². The SMILES string of the molecule is CN(Cc1cscn1)S(=O)(=O)N1CCCC(CO)C1. The zero-order valence-electron chi connectivity index (χ0n) is 10.9. The van der Waals surface area contributed by atoms with Gasteiger partial charge in [0.2, 0.25) is 0 Å². The summed E-state index contributed by atoms with van der Waals surface area (Å²) in [7, 11) is -1.89. The minimum atomic E-state index is -3.46. The normalized spacial score (nSPS) is 21.9. The maximum Gasteiger partial charge on any atom is 0.282 e. The van der Waals surface area contributed by atoms with Crippen molar-refractivity contribution < 1.29 is 13.5 Å². The Hall–Kier alpha value is -0.540. The van der Waals surface area contributed by atoms with Crippen LogP contribution in [0.3, 0.4) is 0 Å². The minimum Gasteiger partial charge on any atom is -0.396 e. The molecule has 1 saturated heterocycles. The van der Waals surface area contributed by atoms with Crippen molar-refractivity contribution >= 4 is 21.5 Å². The molecule has 0 bridgehead atoms. The lowest BCUT2D eigenvalue weighted by molar-refractivity contribution is 0.161. The molecule has 108 valence electrons. The zero-order valence-corrected chi connectivity index (χ0v) is 12.5. The fourth-order valence-corrected chi connectivity index (χ4v) is 4.21. The molecule has 1 aromatic rings. The second-order valence-corrected chi connectivity index (χ2v) is 7.55. The molecule has 0 spiro atoms. The van der Waals surface area contributed by atoms with Crippen molar-refractivity contribution in [2.45, 2.75) is 19.4 Å². The van der Waals surface area contributed by atoms with Crippen LogP contribution in [0.4, 0.5) is 0 Å². The van der Waals surface area contributed by atoms with Crippen LogP contribution < -0.4 is 0 Å². The van der Waals surface area contributed by atoms with E-state index in [0.717, 1.165) is 18.5 Å². The molecule has 1 N–H and O–H groups in total. The van der Waals surface area contributed by atoms with Gasteiger partial charge in [-0.3, -0.25) is 0 Å². The fourth-order valence-electron chi connectivity index (χ4n) is 2.21. The van der Waals surface area contributed by atoms with Gasteiger partial charge in [-0.05, 0) is 18.8 Å². The molecule has 19 heavy (non-hydrogen) atoms. The average molecular weight is 305 g/mol. The Labute approximate surface area is 117 Å². The molecule has 1 aromatic heterocycles. The molecule has 0 aliphatic carbocycles. The average Bonchev–Trinajstić information content (AvgIpc) is 2.91. The first-order valence-electron chi connectivity index (χ1n) is 6.23. The predicted molar refractivity (Wildman–Crippen MR) is 73.9 cm³/mol. The lowest BCUT2D eigenvalue weighted by Crippen LogP contribution is -2.47. The molecule has 1 aliphatic rings. The summed E-state index contributed by atoms with van der Waals surface area (Å²) in [5.74, 6) is 0.0520. The van der Waals surface area contributed by atoms with Crippen molar-refractivity contribution in [3.63, 3.8) is 0 Å². The van der Waals surface area contributed by atoms with E-state index < -0.39 is 10.2 Å². The van der Waals surface area contributed by atoms with E-state index in [1.807, 2.05) is 5.38 Å². The van der Waals surface area contributed by atoms with Crippen LogP contribution in [0.15, 0.2) is 10.9 Å². The van der Waals surface area contributed by atoms with Crippen molar-refractivity contribution in [2.75, 3.05) is 26.7 Å². The molecule has 8 heteroatoms. The van der Waals surface area contributed by atoms with Gasteiger partial charge >= 0.3 is 0 Å². The van der Waals surface area contributed by atoms with Crippen molar-refractivity contribution in [3.05, 3.63) is 16.6 Å². The molecule has 6 nitrogen and oxygen atoms in total. The Morgan fingerprint density at radius 1 is 1.63 bits per heavy atom.